The molecule has 5 rings (SSSR count). The van der Waals surface area contributed by atoms with Crippen LogP contribution in [0.2, 0.25) is 0 Å². The van der Waals surface area contributed by atoms with Crippen LogP contribution in [-0.2, 0) is 19.9 Å². The van der Waals surface area contributed by atoms with Crippen LogP contribution >= 0.6 is 23.1 Å². The third kappa shape index (κ3) is 8.27. The van der Waals surface area contributed by atoms with E-state index < -0.39 is 23.1 Å². The molecule has 0 saturated heterocycles. The quantitative estimate of drug-likeness (QED) is 0.0324. The van der Waals surface area contributed by atoms with Gasteiger partial charge in [0.2, 0.25) is 5.71 Å². The average Bonchev–Trinajstić information content (AvgIpc) is 3.53. The summed E-state index contributed by atoms with van der Waals surface area (Å²) in [5, 5.41) is 19.8. The first kappa shape index (κ1) is 33.4. The zero-order valence-electron chi connectivity index (χ0n) is 26.3. The van der Waals surface area contributed by atoms with E-state index in [1.165, 1.54) is 23.1 Å². The van der Waals surface area contributed by atoms with Crippen LogP contribution in [0.5, 0.6) is 0 Å². The molecule has 5 aromatic rings. The lowest BCUT2D eigenvalue weighted by atomic mass is 9.77. The van der Waals surface area contributed by atoms with E-state index in [2.05, 4.69) is 51.9 Å². The number of rotatable bonds is 13. The van der Waals surface area contributed by atoms with Crippen LogP contribution in [0.25, 0.3) is 0 Å². The van der Waals surface area contributed by atoms with Crippen LogP contribution in [0.3, 0.4) is 0 Å². The predicted octanol–water partition coefficient (Wildman–Crippen LogP) is 8.10. The highest BCUT2D eigenvalue weighted by Crippen LogP contribution is 2.40. The van der Waals surface area contributed by atoms with E-state index in [1.807, 2.05) is 87.5 Å². The van der Waals surface area contributed by atoms with E-state index in [0.717, 1.165) is 21.6 Å². The van der Waals surface area contributed by atoms with Gasteiger partial charge in [0.05, 0.1) is 5.56 Å². The number of thiazole rings is 1. The summed E-state index contributed by atoms with van der Waals surface area (Å²) in [5.74, 6) is -1.24. The zero-order valence-corrected chi connectivity index (χ0v) is 27.9. The van der Waals surface area contributed by atoms with Crippen molar-refractivity contribution >= 4 is 45.9 Å². The number of thioether (sulfide) groups is 1. The second-order valence-electron chi connectivity index (χ2n) is 11.4. The average molecular weight is 666 g/mol. The van der Waals surface area contributed by atoms with Crippen LogP contribution in [0, 0.1) is 0 Å². The number of benzene rings is 4. The number of carboxylic acids is 1. The summed E-state index contributed by atoms with van der Waals surface area (Å²) in [6.45, 7) is 5.57. The van der Waals surface area contributed by atoms with Gasteiger partial charge < -0.3 is 20.0 Å². The standard InChI is InChI=1S/C37H35N3O5S2/c1-36(2,3)45-34(43)29-21-13-14-22-31(29)46-24-23-44-40-32(33(41)42)30-25-47-35(38-30)39-37(26-15-7-4-8-16-26,27-17-9-5-10-18-27)28-19-11-6-12-20-28/h4-22,25H,23-24H2,1-3H3,(H,38,39)(H,41,42)/b40-32-. The smallest absolute Gasteiger partial charge is 0.360 e. The number of ether oxygens (including phenoxy) is 1. The maximum atomic E-state index is 12.7. The number of hydrogen-bond acceptors (Lipinski definition) is 9. The molecule has 0 saturated carbocycles. The number of carbonyl (C=O) groups excluding carboxylic acids is 1. The number of oxime groups is 1. The van der Waals surface area contributed by atoms with Crippen molar-refractivity contribution in [1.82, 2.24) is 4.98 Å². The van der Waals surface area contributed by atoms with Crippen molar-refractivity contribution in [2.75, 3.05) is 17.7 Å². The molecule has 8 nitrogen and oxygen atoms in total. The Labute approximate surface area is 282 Å². The Morgan fingerprint density at radius 2 is 1.36 bits per heavy atom. The lowest BCUT2D eigenvalue weighted by molar-refractivity contribution is -0.129. The summed E-state index contributed by atoms with van der Waals surface area (Å²) in [4.78, 5) is 35.8. The van der Waals surface area contributed by atoms with Crippen LogP contribution in [0.15, 0.2) is 131 Å². The lowest BCUT2D eigenvalue weighted by Crippen LogP contribution is -2.38. The highest BCUT2D eigenvalue weighted by Gasteiger charge is 2.37. The van der Waals surface area contributed by atoms with Gasteiger partial charge in [0, 0.05) is 16.0 Å². The van der Waals surface area contributed by atoms with Crippen LogP contribution in [0.1, 0.15) is 53.5 Å². The first-order chi connectivity index (χ1) is 22.7. The number of aliphatic carboxylic acids is 1. The Hall–Kier alpha value is -4.93. The zero-order chi connectivity index (χ0) is 33.3. The maximum Gasteiger partial charge on any atom is 0.360 e. The number of carbonyl (C=O) groups is 2. The summed E-state index contributed by atoms with van der Waals surface area (Å²) < 4.78 is 5.52. The monoisotopic (exact) mass is 665 g/mol. The van der Waals surface area contributed by atoms with Crippen LogP contribution in [-0.4, -0.2) is 45.7 Å². The molecule has 0 fully saturated rings. The van der Waals surface area contributed by atoms with Gasteiger partial charge >= 0.3 is 11.9 Å². The Bertz CT molecular complexity index is 1720. The van der Waals surface area contributed by atoms with Gasteiger partial charge in [-0.3, -0.25) is 0 Å². The molecule has 0 atom stereocenters. The van der Waals surface area contributed by atoms with Crippen LogP contribution in [0.4, 0.5) is 5.13 Å². The van der Waals surface area contributed by atoms with Crippen molar-refractivity contribution < 1.29 is 24.3 Å². The third-order valence-corrected chi connectivity index (χ3v) is 8.75. The number of carboxylic acid groups (broad SMARTS) is 1. The molecule has 0 bridgehead atoms. The predicted molar refractivity (Wildman–Crippen MR) is 187 cm³/mol. The topological polar surface area (TPSA) is 110 Å². The highest BCUT2D eigenvalue weighted by atomic mass is 32.2. The van der Waals surface area contributed by atoms with Crippen molar-refractivity contribution in [2.45, 2.75) is 36.8 Å². The highest BCUT2D eigenvalue weighted by molar-refractivity contribution is 7.99. The molecular weight excluding hydrogens is 631 g/mol. The SMILES string of the molecule is CC(C)(C)OC(=O)c1ccccc1SCCO/N=C(\C(=O)O)c1csc(NC(c2ccccc2)(c2ccccc2)c2ccccc2)n1. The Morgan fingerprint density at radius 1 is 0.830 bits per heavy atom. The second-order valence-corrected chi connectivity index (χ2v) is 13.4. The molecular formula is C37H35N3O5S2. The number of esters is 1. The molecule has 10 heteroatoms. The van der Waals surface area contributed by atoms with Gasteiger partial charge in [-0.15, -0.1) is 23.1 Å². The molecule has 0 radical (unpaired) electrons. The fourth-order valence-electron chi connectivity index (χ4n) is 4.97. The Kier molecular flexibility index (Phi) is 10.7. The minimum atomic E-state index is -1.26. The summed E-state index contributed by atoms with van der Waals surface area (Å²) >= 11 is 2.68. The summed E-state index contributed by atoms with van der Waals surface area (Å²) in [7, 11) is 0. The normalized spacial score (nSPS) is 11.9. The Morgan fingerprint density at radius 3 is 1.89 bits per heavy atom. The first-order valence-corrected chi connectivity index (χ1v) is 16.8. The molecule has 0 aliphatic rings. The molecule has 2 N–H and O–H groups in total. The summed E-state index contributed by atoms with van der Waals surface area (Å²) in [5.41, 5.74) is 1.89. The first-order valence-electron chi connectivity index (χ1n) is 15.0. The summed E-state index contributed by atoms with van der Waals surface area (Å²) in [6, 6.07) is 37.4. The number of nitrogens with zero attached hydrogens (tertiary/aromatic N) is 2. The van der Waals surface area contributed by atoms with Crippen molar-refractivity contribution in [3.63, 3.8) is 0 Å². The lowest BCUT2D eigenvalue weighted by Gasteiger charge is -2.36. The van der Waals surface area contributed by atoms with E-state index in [1.54, 1.807) is 17.5 Å². The summed E-state index contributed by atoms with van der Waals surface area (Å²) in [6.07, 6.45) is 0. The molecule has 0 aliphatic carbocycles. The fraction of sp³-hybridized carbons (Fsp3) is 0.189. The second kappa shape index (κ2) is 15.1. The molecule has 0 aliphatic heterocycles. The van der Waals surface area contributed by atoms with Gasteiger partial charge in [-0.2, -0.15) is 0 Å². The molecule has 4 aromatic carbocycles. The largest absolute Gasteiger partial charge is 0.476 e. The molecule has 0 spiro atoms. The minimum absolute atomic E-state index is 0.110. The number of nitrogens with one attached hydrogen (secondary N) is 1. The van der Waals surface area contributed by atoms with Crippen molar-refractivity contribution in [1.29, 1.82) is 0 Å². The van der Waals surface area contributed by atoms with Crippen molar-refractivity contribution in [3.05, 3.63) is 149 Å². The van der Waals surface area contributed by atoms with E-state index in [4.69, 9.17) is 9.57 Å². The van der Waals surface area contributed by atoms with Crippen LogP contribution < -0.4 is 5.32 Å². The van der Waals surface area contributed by atoms with E-state index in [9.17, 15) is 14.7 Å². The minimum Gasteiger partial charge on any atom is -0.476 e. The van der Waals surface area contributed by atoms with E-state index in [-0.39, 0.29) is 18.0 Å². The maximum absolute atomic E-state index is 12.7. The fourth-order valence-corrected chi connectivity index (χ4v) is 6.58. The van der Waals surface area contributed by atoms with E-state index in [0.29, 0.717) is 16.4 Å². The van der Waals surface area contributed by atoms with Gasteiger partial charge in [-0.05, 0) is 49.6 Å². The van der Waals surface area contributed by atoms with Gasteiger partial charge in [0.1, 0.15) is 23.4 Å². The molecule has 1 heterocycles. The molecule has 0 unspecified atom stereocenters. The number of hydrogen-bond donors (Lipinski definition) is 2. The molecule has 47 heavy (non-hydrogen) atoms. The van der Waals surface area contributed by atoms with Crippen molar-refractivity contribution in [3.8, 4) is 0 Å². The Balaban J connectivity index is 1.35. The van der Waals surface area contributed by atoms with Gasteiger partial charge in [-0.25, -0.2) is 14.6 Å². The van der Waals surface area contributed by atoms with Gasteiger partial charge in [0.25, 0.3) is 0 Å². The van der Waals surface area contributed by atoms with Gasteiger partial charge in [-0.1, -0.05) is 108 Å². The van der Waals surface area contributed by atoms with Crippen molar-refractivity contribution in [2.24, 2.45) is 5.16 Å². The number of anilines is 1. The molecule has 0 amide bonds. The van der Waals surface area contributed by atoms with E-state index >= 15 is 0 Å². The van der Waals surface area contributed by atoms with Gasteiger partial charge in [0.15, 0.2) is 5.13 Å². The molecule has 1 aromatic heterocycles. The number of aromatic nitrogens is 1. The molecule has 240 valence electrons. The third-order valence-electron chi connectivity index (χ3n) is 6.96.